The van der Waals surface area contributed by atoms with Crippen molar-refractivity contribution >= 4 is 41.7 Å². The molecule has 164 valence electrons. The van der Waals surface area contributed by atoms with E-state index in [9.17, 15) is 9.67 Å². The van der Waals surface area contributed by atoms with Crippen molar-refractivity contribution in [1.82, 2.24) is 9.88 Å². The Kier molecular flexibility index (Phi) is 7.89. The molecule has 0 aliphatic carbocycles. The summed E-state index contributed by atoms with van der Waals surface area (Å²) in [5.41, 5.74) is 1.85. The predicted octanol–water partition coefficient (Wildman–Crippen LogP) is 3.62. The van der Waals surface area contributed by atoms with Crippen molar-refractivity contribution in [3.05, 3.63) is 48.7 Å². The minimum Gasteiger partial charge on any atom is -0.497 e. The number of fused-ring (bicyclic) bond motifs is 4. The Hall–Kier alpha value is -1.07. The van der Waals surface area contributed by atoms with Gasteiger partial charge in [-0.25, -0.2) is 7.42 Å². The zero-order chi connectivity index (χ0) is 21.9. The molecule has 4 heterocycles. The van der Waals surface area contributed by atoms with E-state index in [0.29, 0.717) is 11.8 Å². The smallest absolute Gasteiger partial charge is 0.479 e. The van der Waals surface area contributed by atoms with E-state index in [1.54, 1.807) is 13.3 Å². The van der Waals surface area contributed by atoms with Crippen molar-refractivity contribution in [2.75, 3.05) is 20.2 Å². The lowest BCUT2D eigenvalue weighted by atomic mass is 9.73. The first-order valence-corrected chi connectivity index (χ1v) is 12.0. The number of hydrogen-bond donors (Lipinski definition) is 3. The van der Waals surface area contributed by atoms with Crippen molar-refractivity contribution < 1.29 is 27.0 Å². The Bertz CT molecular complexity index is 939. The molecule has 5 atom stereocenters. The number of piperidine rings is 3. The maximum absolute atomic E-state index is 11.2. The Morgan fingerprint density at radius 1 is 1.40 bits per heavy atom. The van der Waals surface area contributed by atoms with Gasteiger partial charge in [0.1, 0.15) is 28.8 Å². The summed E-state index contributed by atoms with van der Waals surface area (Å²) < 4.78 is 18.4. The third-order valence-electron chi connectivity index (χ3n) is 5.91. The molecule has 8 nitrogen and oxygen atoms in total. The molecule has 3 aliphatic heterocycles. The van der Waals surface area contributed by atoms with E-state index in [4.69, 9.17) is 14.5 Å². The number of methoxy groups -OCH3 is 1. The summed E-state index contributed by atoms with van der Waals surface area (Å²) in [5, 5.41) is 12.1. The first-order valence-electron chi connectivity index (χ1n) is 9.60. The average molecular weight is 548 g/mol. The van der Waals surface area contributed by atoms with E-state index in [-0.39, 0.29) is 6.04 Å². The second-order valence-corrected chi connectivity index (χ2v) is 9.83. The fourth-order valence-corrected chi connectivity index (χ4v) is 4.44. The van der Waals surface area contributed by atoms with Crippen LogP contribution in [0.4, 0.5) is 0 Å². The highest BCUT2D eigenvalue weighted by Crippen LogP contribution is 2.42. The summed E-state index contributed by atoms with van der Waals surface area (Å²) in [6.07, 6.45) is 5.62. The first-order chi connectivity index (χ1) is 14.3. The molecule has 0 saturated carbocycles. The summed E-state index contributed by atoms with van der Waals surface area (Å²) in [5.74, 6) is 2.01. The van der Waals surface area contributed by atoms with Gasteiger partial charge in [-0.15, -0.1) is 6.58 Å². The minimum atomic E-state index is -4.16. The summed E-state index contributed by atoms with van der Waals surface area (Å²) in [4.78, 5) is 22.3. The number of halogens is 1. The lowest BCUT2D eigenvalue weighted by molar-refractivity contribution is -0.0444. The van der Waals surface area contributed by atoms with Gasteiger partial charge in [-0.3, -0.25) is 9.88 Å². The molecule has 3 N–H and O–H groups in total. The van der Waals surface area contributed by atoms with Crippen LogP contribution in [0.3, 0.4) is 0 Å². The summed E-state index contributed by atoms with van der Waals surface area (Å²) in [6.45, 7) is 6.07. The predicted molar refractivity (Wildman–Crippen MR) is 122 cm³/mol. The summed E-state index contributed by atoms with van der Waals surface area (Å²) >= 11 is 1.13. The van der Waals surface area contributed by atoms with Crippen LogP contribution in [-0.4, -0.2) is 51.0 Å². The largest absolute Gasteiger partial charge is 0.497 e. The molecule has 1 aromatic carbocycles. The molecule has 2 bridgehead atoms. The number of ether oxygens (including phenoxy) is 1. The number of rotatable bonds is 5. The monoisotopic (exact) mass is 548 g/mol. The SMILES string of the molecule is C=C[C@@H]1CN2CCC1C[C@@H]2[C@H](O)c1ccnc2ccc(OC)cc12.O=P(O)(O)OI. The van der Waals surface area contributed by atoms with Gasteiger partial charge in [0.15, 0.2) is 0 Å². The minimum absolute atomic E-state index is 0.178. The van der Waals surface area contributed by atoms with Crippen LogP contribution >= 0.6 is 30.8 Å². The van der Waals surface area contributed by atoms with Gasteiger partial charge in [0.25, 0.3) is 0 Å². The summed E-state index contributed by atoms with van der Waals surface area (Å²) in [7, 11) is -2.50. The number of phosphoric acid groups is 1. The molecule has 1 aromatic heterocycles. The standard InChI is InChI=1S/C20H24N2O2.H2IO4P/c1-3-13-12-22-9-7-14(13)10-19(22)20(23)16-6-8-21-18-5-4-15(24-2)11-17(16)18;1-5-6(2,3)4/h3-6,8,11,13-14,19-20,23H,1,7,9-10,12H2,2H3;(H2,2,3,4)/t13-,14?,19-,20-;/m1./s1. The average Bonchev–Trinajstić information content (AvgIpc) is 2.77. The van der Waals surface area contributed by atoms with Gasteiger partial charge in [0, 0.05) is 24.2 Å². The highest BCUT2D eigenvalue weighted by atomic mass is 127. The highest BCUT2D eigenvalue weighted by molar-refractivity contribution is 14.1. The Labute approximate surface area is 189 Å². The molecule has 30 heavy (non-hydrogen) atoms. The molecule has 2 aromatic rings. The third kappa shape index (κ3) is 5.40. The van der Waals surface area contributed by atoms with E-state index < -0.39 is 13.9 Å². The van der Waals surface area contributed by atoms with Crippen LogP contribution in [-0.2, 0) is 7.42 Å². The lowest BCUT2D eigenvalue weighted by Gasteiger charge is -2.50. The van der Waals surface area contributed by atoms with E-state index >= 15 is 0 Å². The molecule has 3 aliphatic rings. The van der Waals surface area contributed by atoms with Crippen molar-refractivity contribution in [3.8, 4) is 5.75 Å². The molecule has 5 rings (SSSR count). The number of aliphatic hydroxyl groups excluding tert-OH is 1. The number of pyridine rings is 1. The second-order valence-electron chi connectivity index (χ2n) is 7.53. The molecule has 10 heteroatoms. The highest BCUT2D eigenvalue weighted by Gasteiger charge is 2.42. The normalized spacial score (nSPS) is 26.6. The third-order valence-corrected chi connectivity index (χ3v) is 7.63. The van der Waals surface area contributed by atoms with Gasteiger partial charge >= 0.3 is 7.82 Å². The zero-order valence-corrected chi connectivity index (χ0v) is 19.6. The van der Waals surface area contributed by atoms with E-state index in [1.807, 2.05) is 24.3 Å². The van der Waals surface area contributed by atoms with Gasteiger partial charge in [0.05, 0.1) is 18.7 Å². The fraction of sp³-hybridized carbons (Fsp3) is 0.450. The number of aromatic nitrogens is 1. The van der Waals surface area contributed by atoms with Crippen molar-refractivity contribution in [2.24, 2.45) is 11.8 Å². The van der Waals surface area contributed by atoms with E-state index in [2.05, 4.69) is 25.4 Å². The van der Waals surface area contributed by atoms with Gasteiger partial charge < -0.3 is 19.6 Å². The maximum atomic E-state index is 11.2. The first kappa shape index (κ1) is 23.6. The van der Waals surface area contributed by atoms with Crippen LogP contribution < -0.4 is 4.74 Å². The van der Waals surface area contributed by atoms with Crippen LogP contribution in [0.5, 0.6) is 5.75 Å². The quantitative estimate of drug-likeness (QED) is 0.295. The van der Waals surface area contributed by atoms with E-state index in [0.717, 1.165) is 64.7 Å². The molecule has 0 spiro atoms. The Morgan fingerprint density at radius 2 is 2.13 bits per heavy atom. The molecule has 0 radical (unpaired) electrons. The van der Waals surface area contributed by atoms with Crippen molar-refractivity contribution in [3.63, 3.8) is 0 Å². The Morgan fingerprint density at radius 3 is 2.70 bits per heavy atom. The topological polar surface area (TPSA) is 112 Å². The summed E-state index contributed by atoms with van der Waals surface area (Å²) in [6, 6.07) is 7.96. The molecular weight excluding hydrogens is 522 g/mol. The van der Waals surface area contributed by atoms with Gasteiger partial charge in [-0.1, -0.05) is 6.08 Å². The zero-order valence-electron chi connectivity index (χ0n) is 16.6. The van der Waals surface area contributed by atoms with Crippen LogP contribution in [0.15, 0.2) is 43.1 Å². The molecule has 3 fully saturated rings. The van der Waals surface area contributed by atoms with Crippen LogP contribution in [0.1, 0.15) is 24.5 Å². The van der Waals surface area contributed by atoms with Gasteiger partial charge in [-0.05, 0) is 61.1 Å². The number of nitrogens with zero attached hydrogens (tertiary/aromatic N) is 2. The molecule has 2 unspecified atom stereocenters. The maximum Gasteiger partial charge on any atom is 0.479 e. The van der Waals surface area contributed by atoms with Crippen LogP contribution in [0, 0.1) is 11.8 Å². The molecule has 0 amide bonds. The lowest BCUT2D eigenvalue weighted by Crippen LogP contribution is -2.54. The number of hydrogen-bond acceptors (Lipinski definition) is 6. The van der Waals surface area contributed by atoms with Crippen LogP contribution in [0.25, 0.3) is 10.9 Å². The fourth-order valence-electron chi connectivity index (χ4n) is 4.44. The Balaban J connectivity index is 0.000000377. The van der Waals surface area contributed by atoms with Crippen molar-refractivity contribution in [1.29, 1.82) is 0 Å². The van der Waals surface area contributed by atoms with Gasteiger partial charge in [0.2, 0.25) is 0 Å². The number of aliphatic hydroxyl groups is 1. The molecule has 3 saturated heterocycles. The van der Waals surface area contributed by atoms with Crippen LogP contribution in [0.2, 0.25) is 0 Å². The number of benzene rings is 1. The second kappa shape index (κ2) is 10.0. The van der Waals surface area contributed by atoms with E-state index in [1.165, 1.54) is 6.42 Å². The van der Waals surface area contributed by atoms with Crippen molar-refractivity contribution in [2.45, 2.75) is 25.0 Å². The van der Waals surface area contributed by atoms with Gasteiger partial charge in [-0.2, -0.15) is 0 Å². The molecular formula is C20H26IN2O6P.